The average molecular weight is 242 g/mol. The number of aryl methyl sites for hydroxylation is 3. The molecule has 96 valence electrons. The molecule has 0 radical (unpaired) electrons. The monoisotopic (exact) mass is 242 g/mol. The van der Waals surface area contributed by atoms with Gasteiger partial charge in [0.05, 0.1) is 5.52 Å². The maximum Gasteiger partial charge on any atom is 0.0510 e. The minimum atomic E-state index is 0.677. The van der Waals surface area contributed by atoms with E-state index in [1.807, 2.05) is 0 Å². The number of rotatable bonds is 2. The number of aromatic nitrogens is 1. The van der Waals surface area contributed by atoms with E-state index in [-0.39, 0.29) is 0 Å². The lowest BCUT2D eigenvalue weighted by Crippen LogP contribution is -2.23. The van der Waals surface area contributed by atoms with Gasteiger partial charge in [-0.05, 0) is 56.8 Å². The number of hydrogen-bond acceptors (Lipinski definition) is 1. The van der Waals surface area contributed by atoms with Gasteiger partial charge in [0.15, 0.2) is 0 Å². The number of nitrogens with one attached hydrogen (secondary N) is 1. The topological polar surface area (TPSA) is 17.0 Å². The molecule has 0 aliphatic carbocycles. The molecule has 1 atom stereocenters. The van der Waals surface area contributed by atoms with Crippen LogP contribution in [0.1, 0.15) is 29.5 Å². The molecule has 2 nitrogen and oxygen atoms in total. The number of benzene rings is 1. The Morgan fingerprint density at radius 2 is 2.17 bits per heavy atom. The number of fused-ring (bicyclic) bond motifs is 1. The molecule has 2 aromatic rings. The molecular weight excluding hydrogens is 220 g/mol. The van der Waals surface area contributed by atoms with Crippen molar-refractivity contribution in [3.63, 3.8) is 0 Å². The summed E-state index contributed by atoms with van der Waals surface area (Å²) in [6.07, 6.45) is 6.13. The van der Waals surface area contributed by atoms with Crippen LogP contribution in [0.25, 0.3) is 10.9 Å². The van der Waals surface area contributed by atoms with Crippen LogP contribution < -0.4 is 5.32 Å². The zero-order valence-corrected chi connectivity index (χ0v) is 11.6. The highest BCUT2D eigenvalue weighted by molar-refractivity contribution is 5.87. The van der Waals surface area contributed by atoms with Gasteiger partial charge in [0.2, 0.25) is 0 Å². The first-order chi connectivity index (χ1) is 8.65. The Labute approximate surface area is 109 Å². The summed E-state index contributed by atoms with van der Waals surface area (Å²) in [4.78, 5) is 0. The van der Waals surface area contributed by atoms with Crippen LogP contribution in [0.2, 0.25) is 0 Å². The Morgan fingerprint density at radius 1 is 1.33 bits per heavy atom. The third-order valence-corrected chi connectivity index (χ3v) is 4.12. The van der Waals surface area contributed by atoms with E-state index in [4.69, 9.17) is 0 Å². The Balaban J connectivity index is 2.06. The SMILES string of the molecule is Cc1cc(C)c2c(c1)c(CC1CCCN1)cn2C. The van der Waals surface area contributed by atoms with Gasteiger partial charge in [0.25, 0.3) is 0 Å². The molecule has 3 rings (SSSR count). The lowest BCUT2D eigenvalue weighted by atomic mass is 10.0. The summed E-state index contributed by atoms with van der Waals surface area (Å²) in [6, 6.07) is 5.29. The van der Waals surface area contributed by atoms with E-state index >= 15 is 0 Å². The summed E-state index contributed by atoms with van der Waals surface area (Å²) >= 11 is 0. The Morgan fingerprint density at radius 3 is 2.89 bits per heavy atom. The van der Waals surface area contributed by atoms with E-state index < -0.39 is 0 Å². The van der Waals surface area contributed by atoms with Crippen molar-refractivity contribution in [2.45, 2.75) is 39.2 Å². The minimum Gasteiger partial charge on any atom is -0.350 e. The van der Waals surface area contributed by atoms with Gasteiger partial charge in [-0.15, -0.1) is 0 Å². The molecule has 1 N–H and O–H groups in total. The molecule has 1 aliphatic rings. The molecule has 2 heteroatoms. The highest BCUT2D eigenvalue weighted by Gasteiger charge is 2.17. The van der Waals surface area contributed by atoms with Gasteiger partial charge in [-0.1, -0.05) is 11.6 Å². The van der Waals surface area contributed by atoms with Crippen LogP contribution in [0.4, 0.5) is 0 Å². The van der Waals surface area contributed by atoms with E-state index in [9.17, 15) is 0 Å². The largest absolute Gasteiger partial charge is 0.350 e. The molecule has 18 heavy (non-hydrogen) atoms. The summed E-state index contributed by atoms with van der Waals surface area (Å²) in [5.41, 5.74) is 5.65. The Hall–Kier alpha value is -1.28. The fourth-order valence-electron chi connectivity index (χ4n) is 3.40. The van der Waals surface area contributed by atoms with Crippen molar-refractivity contribution in [2.75, 3.05) is 6.54 Å². The lowest BCUT2D eigenvalue weighted by molar-refractivity contribution is 0.604. The Bertz CT molecular complexity index is 574. The van der Waals surface area contributed by atoms with Crippen molar-refractivity contribution in [1.29, 1.82) is 0 Å². The van der Waals surface area contributed by atoms with Gasteiger partial charge in [-0.25, -0.2) is 0 Å². The zero-order chi connectivity index (χ0) is 12.7. The number of hydrogen-bond donors (Lipinski definition) is 1. The summed E-state index contributed by atoms with van der Waals surface area (Å²) in [5, 5.41) is 5.05. The average Bonchev–Trinajstić information content (AvgIpc) is 2.88. The van der Waals surface area contributed by atoms with Crippen LogP contribution in [0.3, 0.4) is 0 Å². The minimum absolute atomic E-state index is 0.677. The van der Waals surface area contributed by atoms with Crippen molar-refractivity contribution in [1.82, 2.24) is 9.88 Å². The maximum absolute atomic E-state index is 3.60. The second-order valence-electron chi connectivity index (χ2n) is 5.74. The van der Waals surface area contributed by atoms with E-state index in [1.165, 1.54) is 53.4 Å². The molecule has 1 unspecified atom stereocenters. The first-order valence-corrected chi connectivity index (χ1v) is 6.93. The third-order valence-electron chi connectivity index (χ3n) is 4.12. The predicted molar refractivity (Wildman–Crippen MR) is 77.1 cm³/mol. The van der Waals surface area contributed by atoms with Crippen LogP contribution in [0.5, 0.6) is 0 Å². The van der Waals surface area contributed by atoms with Gasteiger partial charge >= 0.3 is 0 Å². The second-order valence-corrected chi connectivity index (χ2v) is 5.74. The van der Waals surface area contributed by atoms with Gasteiger partial charge < -0.3 is 9.88 Å². The first-order valence-electron chi connectivity index (χ1n) is 6.93. The number of nitrogens with zero attached hydrogens (tertiary/aromatic N) is 1. The predicted octanol–water partition coefficient (Wildman–Crippen LogP) is 3.09. The Kier molecular flexibility index (Phi) is 2.90. The van der Waals surface area contributed by atoms with Crippen molar-refractivity contribution in [3.8, 4) is 0 Å². The quantitative estimate of drug-likeness (QED) is 0.856. The molecule has 0 saturated carbocycles. The lowest BCUT2D eigenvalue weighted by Gasteiger charge is -2.09. The molecule has 0 spiro atoms. The molecule has 1 fully saturated rings. The second kappa shape index (κ2) is 4.43. The summed E-state index contributed by atoms with van der Waals surface area (Å²) in [5.74, 6) is 0. The van der Waals surface area contributed by atoms with Crippen LogP contribution >= 0.6 is 0 Å². The van der Waals surface area contributed by atoms with Crippen molar-refractivity contribution in [2.24, 2.45) is 7.05 Å². The van der Waals surface area contributed by atoms with E-state index in [2.05, 4.69) is 49.1 Å². The van der Waals surface area contributed by atoms with E-state index in [0.29, 0.717) is 6.04 Å². The highest BCUT2D eigenvalue weighted by atomic mass is 14.9. The zero-order valence-electron chi connectivity index (χ0n) is 11.6. The van der Waals surface area contributed by atoms with Crippen molar-refractivity contribution >= 4 is 10.9 Å². The maximum atomic E-state index is 3.60. The molecular formula is C16H22N2. The summed E-state index contributed by atoms with van der Waals surface area (Å²) in [6.45, 7) is 5.59. The van der Waals surface area contributed by atoms with Gasteiger partial charge in [-0.2, -0.15) is 0 Å². The molecule has 1 saturated heterocycles. The van der Waals surface area contributed by atoms with E-state index in [1.54, 1.807) is 0 Å². The van der Waals surface area contributed by atoms with Crippen LogP contribution in [-0.2, 0) is 13.5 Å². The normalized spacial score (nSPS) is 19.8. The van der Waals surface area contributed by atoms with Crippen LogP contribution in [0, 0.1) is 13.8 Å². The molecule has 0 bridgehead atoms. The van der Waals surface area contributed by atoms with Crippen LogP contribution in [0.15, 0.2) is 18.3 Å². The molecule has 0 amide bonds. The molecule has 2 heterocycles. The summed E-state index contributed by atoms with van der Waals surface area (Å²) < 4.78 is 2.29. The van der Waals surface area contributed by atoms with Gasteiger partial charge in [0.1, 0.15) is 0 Å². The van der Waals surface area contributed by atoms with Crippen molar-refractivity contribution in [3.05, 3.63) is 35.0 Å². The van der Waals surface area contributed by atoms with Crippen LogP contribution in [-0.4, -0.2) is 17.2 Å². The first kappa shape index (κ1) is 11.8. The fourth-order valence-corrected chi connectivity index (χ4v) is 3.40. The van der Waals surface area contributed by atoms with E-state index in [0.717, 1.165) is 0 Å². The summed E-state index contributed by atoms with van der Waals surface area (Å²) in [7, 11) is 2.16. The molecule has 1 aliphatic heterocycles. The standard InChI is InChI=1S/C16H22N2/c1-11-7-12(2)16-15(8-11)13(10-18(16)3)9-14-5-4-6-17-14/h7-8,10,14,17H,4-6,9H2,1-3H3. The molecule has 1 aromatic heterocycles. The highest BCUT2D eigenvalue weighted by Crippen LogP contribution is 2.27. The third kappa shape index (κ3) is 1.95. The smallest absolute Gasteiger partial charge is 0.0510 e. The molecule has 1 aromatic carbocycles. The van der Waals surface area contributed by atoms with Gasteiger partial charge in [0, 0.05) is 24.7 Å². The van der Waals surface area contributed by atoms with Gasteiger partial charge in [-0.3, -0.25) is 0 Å². The fraction of sp³-hybridized carbons (Fsp3) is 0.500. The van der Waals surface area contributed by atoms with Crippen molar-refractivity contribution < 1.29 is 0 Å².